The standard InChI is InChI=1S/C46H32N2O/c1-4-12-34(13-5-1)47-27-26-32-28-42-33(30-43(32)47)29-41(39-24-25-40-38-18-10-11-19-44(38)49-46(40)45(39)42)31-20-22-37(23-21-31)48(35-14-6-2-7-15-35)36-16-8-3-9-17-36/h2-4,6-30H,1,5H2. The number of para-hydroxylation sites is 3. The minimum atomic E-state index is 0.915. The number of allylic oxidation sites excluding steroid dienone is 4. The molecule has 2 heterocycles. The third kappa shape index (κ3) is 4.51. The molecule has 0 atom stereocenters. The lowest BCUT2D eigenvalue weighted by molar-refractivity contribution is 0.673. The van der Waals surface area contributed by atoms with E-state index in [9.17, 15) is 0 Å². The summed E-state index contributed by atoms with van der Waals surface area (Å²) in [6.45, 7) is 0. The largest absolute Gasteiger partial charge is 0.455 e. The van der Waals surface area contributed by atoms with Gasteiger partial charge in [-0.25, -0.2) is 0 Å². The smallest absolute Gasteiger partial charge is 0.143 e. The predicted molar refractivity (Wildman–Crippen MR) is 207 cm³/mol. The molecule has 49 heavy (non-hydrogen) atoms. The van der Waals surface area contributed by atoms with Crippen molar-refractivity contribution in [3.8, 4) is 11.1 Å². The summed E-state index contributed by atoms with van der Waals surface area (Å²) in [5.74, 6) is 0. The quantitative estimate of drug-likeness (QED) is 0.177. The van der Waals surface area contributed by atoms with Gasteiger partial charge in [0, 0.05) is 50.5 Å². The molecular formula is C46H32N2O. The van der Waals surface area contributed by atoms with Gasteiger partial charge in [0.1, 0.15) is 11.2 Å². The first-order valence-corrected chi connectivity index (χ1v) is 17.0. The van der Waals surface area contributed by atoms with Crippen LogP contribution in [-0.2, 0) is 0 Å². The Bertz CT molecular complexity index is 2710. The summed E-state index contributed by atoms with van der Waals surface area (Å²) in [6.07, 6.45) is 11.2. The minimum absolute atomic E-state index is 0.915. The van der Waals surface area contributed by atoms with Crippen molar-refractivity contribution in [2.24, 2.45) is 0 Å². The lowest BCUT2D eigenvalue weighted by Gasteiger charge is -2.25. The lowest BCUT2D eigenvalue weighted by Crippen LogP contribution is -2.09. The van der Waals surface area contributed by atoms with Gasteiger partial charge >= 0.3 is 0 Å². The molecule has 7 aromatic carbocycles. The molecule has 2 aromatic heterocycles. The number of hydrogen-bond acceptors (Lipinski definition) is 2. The van der Waals surface area contributed by atoms with Crippen LogP contribution >= 0.6 is 0 Å². The summed E-state index contributed by atoms with van der Waals surface area (Å²) in [5.41, 5.74) is 10.0. The van der Waals surface area contributed by atoms with Crippen molar-refractivity contribution < 1.29 is 4.42 Å². The van der Waals surface area contributed by atoms with Crippen LogP contribution in [0.1, 0.15) is 12.8 Å². The van der Waals surface area contributed by atoms with E-state index in [1.807, 2.05) is 6.07 Å². The number of nitrogens with zero attached hydrogens (tertiary/aromatic N) is 2. The molecule has 0 bridgehead atoms. The zero-order valence-electron chi connectivity index (χ0n) is 26.9. The fourth-order valence-electron chi connectivity index (χ4n) is 7.68. The minimum Gasteiger partial charge on any atom is -0.455 e. The summed E-state index contributed by atoms with van der Waals surface area (Å²) in [4.78, 5) is 2.31. The summed E-state index contributed by atoms with van der Waals surface area (Å²) < 4.78 is 9.02. The summed E-state index contributed by atoms with van der Waals surface area (Å²) in [6, 6.07) is 52.3. The van der Waals surface area contributed by atoms with Crippen LogP contribution in [0.5, 0.6) is 0 Å². The zero-order chi connectivity index (χ0) is 32.3. The maximum absolute atomic E-state index is 6.70. The second kappa shape index (κ2) is 11.1. The van der Waals surface area contributed by atoms with Crippen molar-refractivity contribution in [1.29, 1.82) is 0 Å². The SMILES string of the molecule is C1=CC(n2ccc3cc4c(cc(-c5ccc(N(c6ccccc6)c6ccccc6)cc5)c5ccc6c7ccccc7oc6c54)cc32)=CCC1. The first-order chi connectivity index (χ1) is 24.3. The Hall–Kier alpha value is -6.32. The fourth-order valence-corrected chi connectivity index (χ4v) is 7.68. The normalized spacial score (nSPS) is 13.2. The Balaban J connectivity index is 1.21. The van der Waals surface area contributed by atoms with Crippen LogP contribution in [0.15, 0.2) is 174 Å². The highest BCUT2D eigenvalue weighted by atomic mass is 16.3. The highest BCUT2D eigenvalue weighted by Gasteiger charge is 2.19. The molecule has 10 rings (SSSR count). The van der Waals surface area contributed by atoms with E-state index in [0.29, 0.717) is 0 Å². The van der Waals surface area contributed by atoms with Gasteiger partial charge in [-0.1, -0.05) is 84.9 Å². The third-order valence-electron chi connectivity index (χ3n) is 9.99. The molecule has 0 aliphatic heterocycles. The first-order valence-electron chi connectivity index (χ1n) is 17.0. The number of anilines is 3. The summed E-state index contributed by atoms with van der Waals surface area (Å²) >= 11 is 0. The molecule has 0 unspecified atom stereocenters. The summed E-state index contributed by atoms with van der Waals surface area (Å²) in [5, 5.41) is 8.26. The van der Waals surface area contributed by atoms with Gasteiger partial charge in [-0.2, -0.15) is 0 Å². The molecule has 3 heteroatoms. The van der Waals surface area contributed by atoms with E-state index in [1.54, 1.807) is 0 Å². The van der Waals surface area contributed by atoms with Crippen molar-refractivity contribution in [3.05, 3.63) is 170 Å². The average Bonchev–Trinajstić information content (AvgIpc) is 3.76. The molecule has 0 radical (unpaired) electrons. The van der Waals surface area contributed by atoms with E-state index in [0.717, 1.165) is 57.2 Å². The van der Waals surface area contributed by atoms with Crippen LogP contribution in [0.3, 0.4) is 0 Å². The van der Waals surface area contributed by atoms with Gasteiger partial charge in [0.2, 0.25) is 0 Å². The lowest BCUT2D eigenvalue weighted by atomic mass is 9.91. The molecule has 0 saturated heterocycles. The number of hydrogen-bond donors (Lipinski definition) is 0. The molecule has 0 amide bonds. The highest BCUT2D eigenvalue weighted by molar-refractivity contribution is 6.27. The number of benzene rings is 7. The second-order valence-corrected chi connectivity index (χ2v) is 12.9. The molecule has 9 aromatic rings. The van der Waals surface area contributed by atoms with Crippen molar-refractivity contribution in [2.75, 3.05) is 4.90 Å². The van der Waals surface area contributed by atoms with Crippen LogP contribution in [0.4, 0.5) is 17.1 Å². The molecule has 1 aliphatic rings. The van der Waals surface area contributed by atoms with Crippen LogP contribution < -0.4 is 4.90 Å². The molecule has 3 nitrogen and oxygen atoms in total. The molecule has 0 N–H and O–H groups in total. The number of fused-ring (bicyclic) bond motifs is 8. The van der Waals surface area contributed by atoms with E-state index in [2.05, 4.69) is 173 Å². The monoisotopic (exact) mass is 628 g/mol. The van der Waals surface area contributed by atoms with Crippen LogP contribution in [0, 0.1) is 0 Å². The van der Waals surface area contributed by atoms with Crippen molar-refractivity contribution in [2.45, 2.75) is 12.8 Å². The van der Waals surface area contributed by atoms with Gasteiger partial charge in [0.25, 0.3) is 0 Å². The maximum Gasteiger partial charge on any atom is 0.143 e. The molecule has 1 aliphatic carbocycles. The van der Waals surface area contributed by atoms with Gasteiger partial charge in [0.15, 0.2) is 0 Å². The second-order valence-electron chi connectivity index (χ2n) is 12.9. The topological polar surface area (TPSA) is 21.3 Å². The maximum atomic E-state index is 6.70. The third-order valence-corrected chi connectivity index (χ3v) is 9.99. The molecule has 0 saturated carbocycles. The van der Waals surface area contributed by atoms with Crippen molar-refractivity contribution >= 4 is 77.1 Å². The van der Waals surface area contributed by atoms with Crippen LogP contribution in [0.25, 0.3) is 71.2 Å². The van der Waals surface area contributed by atoms with Crippen molar-refractivity contribution in [1.82, 2.24) is 4.57 Å². The van der Waals surface area contributed by atoms with Crippen LogP contribution in [0.2, 0.25) is 0 Å². The molecule has 0 fully saturated rings. The average molecular weight is 629 g/mol. The Morgan fingerprint density at radius 1 is 0.551 bits per heavy atom. The predicted octanol–water partition coefficient (Wildman–Crippen LogP) is 13.2. The van der Waals surface area contributed by atoms with Gasteiger partial charge in [-0.3, -0.25) is 0 Å². The Morgan fingerprint density at radius 3 is 2.02 bits per heavy atom. The van der Waals surface area contributed by atoms with E-state index in [4.69, 9.17) is 4.42 Å². The summed E-state index contributed by atoms with van der Waals surface area (Å²) in [7, 11) is 0. The Morgan fingerprint density at radius 2 is 1.27 bits per heavy atom. The van der Waals surface area contributed by atoms with Gasteiger partial charge in [-0.15, -0.1) is 0 Å². The fraction of sp³-hybridized carbons (Fsp3) is 0.0435. The van der Waals surface area contributed by atoms with E-state index in [-0.39, 0.29) is 0 Å². The highest BCUT2D eigenvalue weighted by Crippen LogP contribution is 2.44. The number of rotatable bonds is 5. The Kier molecular flexibility index (Phi) is 6.31. The van der Waals surface area contributed by atoms with E-state index >= 15 is 0 Å². The molecule has 0 spiro atoms. The molecular weight excluding hydrogens is 597 g/mol. The number of furan rings is 1. The zero-order valence-corrected chi connectivity index (χ0v) is 26.9. The van der Waals surface area contributed by atoms with Gasteiger partial charge in [0.05, 0.1) is 5.52 Å². The van der Waals surface area contributed by atoms with Crippen LogP contribution in [-0.4, -0.2) is 4.57 Å². The van der Waals surface area contributed by atoms with E-state index in [1.165, 1.54) is 43.9 Å². The number of aromatic nitrogens is 1. The van der Waals surface area contributed by atoms with E-state index < -0.39 is 0 Å². The Labute approximate surface area is 284 Å². The molecule has 232 valence electrons. The van der Waals surface area contributed by atoms with Gasteiger partial charge in [-0.05, 0) is 119 Å². The van der Waals surface area contributed by atoms with Crippen molar-refractivity contribution in [3.63, 3.8) is 0 Å². The van der Waals surface area contributed by atoms with Gasteiger partial charge < -0.3 is 13.9 Å². The first kappa shape index (κ1) is 27.8.